The van der Waals surface area contributed by atoms with Gasteiger partial charge in [0.05, 0.1) is 51.8 Å². The maximum absolute atomic E-state index is 9.98. The molecule has 48 heavy (non-hydrogen) atoms. The molecule has 1 N–H and O–H groups in total. The van der Waals surface area contributed by atoms with Crippen molar-refractivity contribution >= 4 is 16.1 Å². The third-order valence-electron chi connectivity index (χ3n) is 10.6. The molecular weight excluding hydrogens is 633 g/mol. The summed E-state index contributed by atoms with van der Waals surface area (Å²) >= 11 is 0. The van der Waals surface area contributed by atoms with Gasteiger partial charge >= 0.3 is 0 Å². The summed E-state index contributed by atoms with van der Waals surface area (Å²) in [6.45, 7) is 14.9. The Morgan fingerprint density at radius 2 is 1.38 bits per heavy atom. The maximum Gasteiger partial charge on any atom is 0.129 e. The largest absolute Gasteiger partial charge is 0.396 e. The van der Waals surface area contributed by atoms with Gasteiger partial charge in [-0.25, -0.2) is 0 Å². The Labute approximate surface area is 291 Å². The summed E-state index contributed by atoms with van der Waals surface area (Å²) < 4.78 is 34.7. The van der Waals surface area contributed by atoms with Crippen LogP contribution in [0.2, 0.25) is 37.8 Å². The lowest BCUT2D eigenvalue weighted by molar-refractivity contribution is -0.302. The van der Waals surface area contributed by atoms with Crippen molar-refractivity contribution in [3.8, 4) is 11.5 Å². The molecule has 0 unspecified atom stereocenters. The summed E-state index contributed by atoms with van der Waals surface area (Å²) in [6, 6.07) is 24.2. The van der Waals surface area contributed by atoms with E-state index in [9.17, 15) is 5.11 Å². The molecule has 3 heterocycles. The van der Waals surface area contributed by atoms with Gasteiger partial charge in [-0.15, -0.1) is 11.5 Å². The van der Waals surface area contributed by atoms with E-state index in [4.69, 9.17) is 23.7 Å². The van der Waals surface area contributed by atoms with Gasteiger partial charge in [-0.3, -0.25) is 0 Å². The summed E-state index contributed by atoms with van der Waals surface area (Å²) in [4.78, 5) is 0. The van der Waals surface area contributed by atoms with Gasteiger partial charge in [-0.05, 0) is 17.5 Å². The molecule has 3 aliphatic rings. The molecule has 2 aromatic carbocycles. The molecular formula is C40H58O6Si2. The number of aliphatic hydroxyl groups excluding tert-OH is 1. The number of aliphatic hydroxyl groups is 1. The zero-order chi connectivity index (χ0) is 34.1. The summed E-state index contributed by atoms with van der Waals surface area (Å²) in [5.74, 6) is 3.49. The predicted molar refractivity (Wildman–Crippen MR) is 198 cm³/mol. The molecule has 8 atom stereocenters. The molecule has 5 rings (SSSR count). The fraction of sp³-hybridized carbons (Fsp3) is 0.600. The quantitative estimate of drug-likeness (QED) is 0.171. The third-order valence-corrected chi connectivity index (χ3v) is 17.3. The van der Waals surface area contributed by atoms with Crippen molar-refractivity contribution in [3.05, 3.63) is 83.1 Å². The number of ether oxygens (including phenoxy) is 5. The second kappa shape index (κ2) is 17.2. The van der Waals surface area contributed by atoms with E-state index in [1.165, 1.54) is 23.3 Å². The molecule has 0 amide bonds. The molecule has 262 valence electrons. The van der Waals surface area contributed by atoms with Gasteiger partial charge in [0, 0.05) is 25.9 Å². The van der Waals surface area contributed by atoms with Gasteiger partial charge in [0.2, 0.25) is 0 Å². The van der Waals surface area contributed by atoms with Crippen LogP contribution in [0.3, 0.4) is 0 Å². The van der Waals surface area contributed by atoms with E-state index < -0.39 is 16.1 Å². The highest BCUT2D eigenvalue weighted by Gasteiger charge is 2.54. The molecule has 0 aliphatic carbocycles. The molecule has 0 aromatic heterocycles. The molecule has 8 heteroatoms. The lowest BCUT2D eigenvalue weighted by Gasteiger charge is -2.51. The van der Waals surface area contributed by atoms with E-state index >= 15 is 0 Å². The van der Waals surface area contributed by atoms with Gasteiger partial charge in [0.25, 0.3) is 0 Å². The number of hydrogen-bond acceptors (Lipinski definition) is 6. The standard InChI is InChI=1S/C40H58O6Si2/c1-7-48(8-2,9-3)33-25-32(22-23-41)44-36-27-37-39(46-35(36)26-33)40(43-29-31-19-14-11-15-20-31)38(42-28-30-17-12-10-13-18-30)34(45-37)21-16-24-47(4,5)6/h10-15,17-20,25,32,34-41H,7-9,21-23,26-29H2,1-6H3/t32-,34+,35-,36+,37-,38+,39-,40-/m1/s1. The first-order chi connectivity index (χ1) is 23.2. The van der Waals surface area contributed by atoms with Crippen LogP contribution in [0.15, 0.2) is 71.9 Å². The average molecular weight is 691 g/mol. The van der Waals surface area contributed by atoms with Crippen molar-refractivity contribution in [1.82, 2.24) is 0 Å². The first kappa shape index (κ1) is 37.2. The fourth-order valence-electron chi connectivity index (χ4n) is 7.72. The second-order valence-electron chi connectivity index (χ2n) is 14.8. The van der Waals surface area contributed by atoms with Gasteiger partial charge < -0.3 is 28.8 Å². The summed E-state index contributed by atoms with van der Waals surface area (Å²) in [6.07, 6.45) is 3.26. The Bertz CT molecular complexity index is 1350. The molecule has 0 saturated carbocycles. The first-order valence-corrected chi connectivity index (χ1v) is 24.4. The molecule has 2 aromatic rings. The summed E-state index contributed by atoms with van der Waals surface area (Å²) in [7, 11) is -3.28. The van der Waals surface area contributed by atoms with Crippen LogP contribution in [0.5, 0.6) is 0 Å². The lowest BCUT2D eigenvalue weighted by Crippen LogP contribution is -2.64. The number of benzene rings is 2. The number of rotatable bonds is 13. The molecule has 2 fully saturated rings. The molecule has 0 spiro atoms. The highest BCUT2D eigenvalue weighted by molar-refractivity contribution is 6.86. The Morgan fingerprint density at radius 3 is 1.94 bits per heavy atom. The van der Waals surface area contributed by atoms with Crippen LogP contribution < -0.4 is 0 Å². The van der Waals surface area contributed by atoms with E-state index in [0.29, 0.717) is 32.5 Å². The summed E-state index contributed by atoms with van der Waals surface area (Å²) in [5, 5.41) is 11.5. The van der Waals surface area contributed by atoms with Crippen molar-refractivity contribution in [2.24, 2.45) is 0 Å². The van der Waals surface area contributed by atoms with Gasteiger partial charge in [-0.1, -0.05) is 130 Å². The Balaban J connectivity index is 1.48. The number of fused-ring (bicyclic) bond motifs is 2. The maximum atomic E-state index is 9.98. The van der Waals surface area contributed by atoms with Crippen molar-refractivity contribution in [3.63, 3.8) is 0 Å². The minimum absolute atomic E-state index is 0.0990. The monoisotopic (exact) mass is 690 g/mol. The van der Waals surface area contributed by atoms with Gasteiger partial charge in [-0.2, -0.15) is 0 Å². The van der Waals surface area contributed by atoms with E-state index in [1.807, 2.05) is 24.3 Å². The van der Waals surface area contributed by atoms with E-state index in [0.717, 1.165) is 17.5 Å². The molecule has 3 aliphatic heterocycles. The normalized spacial score (nSPS) is 29.1. The van der Waals surface area contributed by atoms with E-state index in [2.05, 4.69) is 94.4 Å². The summed E-state index contributed by atoms with van der Waals surface area (Å²) in [5.41, 5.74) is 5.77. The Hall–Kier alpha value is -2.07. The molecule has 2 saturated heterocycles. The minimum Gasteiger partial charge on any atom is -0.396 e. The minimum atomic E-state index is -1.70. The molecule has 0 bridgehead atoms. The van der Waals surface area contributed by atoms with Crippen LogP contribution in [-0.2, 0) is 36.9 Å². The van der Waals surface area contributed by atoms with Crippen molar-refractivity contribution < 1.29 is 28.8 Å². The van der Waals surface area contributed by atoms with Gasteiger partial charge in [0.15, 0.2) is 0 Å². The zero-order valence-electron chi connectivity index (χ0n) is 30.0. The van der Waals surface area contributed by atoms with Crippen molar-refractivity contribution in [2.45, 2.75) is 146 Å². The molecule has 0 radical (unpaired) electrons. The lowest BCUT2D eigenvalue weighted by atomic mass is 9.86. The van der Waals surface area contributed by atoms with Crippen LogP contribution in [0.25, 0.3) is 0 Å². The third kappa shape index (κ3) is 9.38. The van der Waals surface area contributed by atoms with Crippen molar-refractivity contribution in [2.75, 3.05) is 6.61 Å². The van der Waals surface area contributed by atoms with Gasteiger partial charge in [0.1, 0.15) is 26.4 Å². The van der Waals surface area contributed by atoms with E-state index in [1.54, 1.807) is 0 Å². The fourth-order valence-corrected chi connectivity index (χ4v) is 12.4. The topological polar surface area (TPSA) is 66.4 Å². The molecule has 6 nitrogen and oxygen atoms in total. The van der Waals surface area contributed by atoms with Crippen LogP contribution in [0, 0.1) is 11.5 Å². The van der Waals surface area contributed by atoms with Crippen molar-refractivity contribution in [1.29, 1.82) is 0 Å². The Kier molecular flexibility index (Phi) is 13.4. The average Bonchev–Trinajstić information content (AvgIpc) is 3.26. The smallest absolute Gasteiger partial charge is 0.129 e. The highest BCUT2D eigenvalue weighted by Crippen LogP contribution is 2.43. The van der Waals surface area contributed by atoms with Crippen LogP contribution >= 0.6 is 0 Å². The predicted octanol–water partition coefficient (Wildman–Crippen LogP) is 7.87. The Morgan fingerprint density at radius 1 is 0.771 bits per heavy atom. The SMILES string of the molecule is CC[Si](CC)(CC)C1=C[C@@H](CCO)O[C@H]2C[C@H]3O[C@@H](CC#C[Si](C)(C)C)[C@H](OCc4ccccc4)[C@@H](OCc4ccccc4)[C@@H]3O[C@@H]2C1. The van der Waals surface area contributed by atoms with E-state index in [-0.39, 0.29) is 55.4 Å². The second-order valence-corrected chi connectivity index (χ2v) is 24.9. The first-order valence-electron chi connectivity index (χ1n) is 18.3. The highest BCUT2D eigenvalue weighted by atomic mass is 28.3. The zero-order valence-corrected chi connectivity index (χ0v) is 32.0. The van der Waals surface area contributed by atoms with Crippen LogP contribution in [-0.4, -0.2) is 76.7 Å². The van der Waals surface area contributed by atoms with Crippen LogP contribution in [0.4, 0.5) is 0 Å². The van der Waals surface area contributed by atoms with Crippen LogP contribution in [0.1, 0.15) is 57.6 Å². The number of hydrogen-bond donors (Lipinski definition) is 1.